The van der Waals surface area contributed by atoms with E-state index >= 15 is 0 Å². The normalized spacial score (nSPS) is 27.8. The topological polar surface area (TPSA) is 6.48 Å². The molecule has 24 heavy (non-hydrogen) atoms. The van der Waals surface area contributed by atoms with Crippen LogP contribution in [-0.2, 0) is 0 Å². The van der Waals surface area contributed by atoms with Gasteiger partial charge in [0.2, 0.25) is 0 Å². The van der Waals surface area contributed by atoms with E-state index in [9.17, 15) is 0 Å². The highest BCUT2D eigenvalue weighted by Gasteiger charge is 2.45. The first-order chi connectivity index (χ1) is 11.8. The van der Waals surface area contributed by atoms with Gasteiger partial charge in [-0.05, 0) is 30.0 Å². The van der Waals surface area contributed by atoms with Gasteiger partial charge in [-0.15, -0.1) is 0 Å². The lowest BCUT2D eigenvalue weighted by molar-refractivity contribution is 0.237. The minimum atomic E-state index is 0.583. The van der Waals surface area contributed by atoms with Gasteiger partial charge in [0.25, 0.3) is 0 Å². The van der Waals surface area contributed by atoms with E-state index in [0.29, 0.717) is 6.04 Å². The summed E-state index contributed by atoms with van der Waals surface area (Å²) in [7, 11) is 2.29. The van der Waals surface area contributed by atoms with Crippen LogP contribution in [0.15, 0.2) is 66.7 Å². The Hall–Kier alpha value is -1.90. The first-order valence-corrected chi connectivity index (χ1v) is 9.00. The van der Waals surface area contributed by atoms with Gasteiger partial charge in [0.15, 0.2) is 0 Å². The third kappa shape index (κ3) is 3.17. The van der Waals surface area contributed by atoms with E-state index < -0.39 is 0 Å². The van der Waals surface area contributed by atoms with Crippen LogP contribution in [0.1, 0.15) is 17.2 Å². The van der Waals surface area contributed by atoms with Crippen LogP contribution in [0, 0.1) is 11.8 Å². The molecule has 2 heteroatoms. The smallest absolute Gasteiger partial charge is 0.0389 e. The Balaban J connectivity index is 1.40. The van der Waals surface area contributed by atoms with Crippen molar-refractivity contribution in [2.24, 2.45) is 11.8 Å². The average molecular weight is 318 g/mol. The first kappa shape index (κ1) is 15.6. The number of rotatable bonds is 4. The second-order valence-corrected chi connectivity index (χ2v) is 7.25. The SMILES string of the molecule is CN1C[C@H]2CN(C/C=C/c3ccccc3)C[C@H]2[C@@H]1c1ccccc1. The molecular formula is C22H26N2. The second-order valence-electron chi connectivity index (χ2n) is 7.25. The maximum Gasteiger partial charge on any atom is 0.0389 e. The Kier molecular flexibility index (Phi) is 4.50. The predicted octanol–water partition coefficient (Wildman–Crippen LogP) is 3.93. The number of benzene rings is 2. The van der Waals surface area contributed by atoms with Crippen LogP contribution in [0.5, 0.6) is 0 Å². The summed E-state index contributed by atoms with van der Waals surface area (Å²) in [6.45, 7) is 4.74. The summed E-state index contributed by atoms with van der Waals surface area (Å²) in [6, 6.07) is 22.2. The highest BCUT2D eigenvalue weighted by molar-refractivity contribution is 5.48. The molecular weight excluding hydrogens is 292 g/mol. The molecule has 0 spiro atoms. The van der Waals surface area contributed by atoms with Crippen molar-refractivity contribution >= 4 is 6.08 Å². The van der Waals surface area contributed by atoms with Gasteiger partial charge in [-0.2, -0.15) is 0 Å². The van der Waals surface area contributed by atoms with Gasteiger partial charge in [0.05, 0.1) is 0 Å². The summed E-state index contributed by atoms with van der Waals surface area (Å²) in [4.78, 5) is 5.18. The van der Waals surface area contributed by atoms with Crippen molar-refractivity contribution in [3.63, 3.8) is 0 Å². The van der Waals surface area contributed by atoms with E-state index in [-0.39, 0.29) is 0 Å². The average Bonchev–Trinajstić information content (AvgIpc) is 3.12. The van der Waals surface area contributed by atoms with Crippen LogP contribution >= 0.6 is 0 Å². The summed E-state index contributed by atoms with van der Waals surface area (Å²) in [5.74, 6) is 1.58. The van der Waals surface area contributed by atoms with Crippen LogP contribution < -0.4 is 0 Å². The quantitative estimate of drug-likeness (QED) is 0.842. The van der Waals surface area contributed by atoms with Gasteiger partial charge in [-0.3, -0.25) is 9.80 Å². The van der Waals surface area contributed by atoms with E-state index in [1.54, 1.807) is 0 Å². The third-order valence-electron chi connectivity index (χ3n) is 5.58. The Morgan fingerprint density at radius 1 is 0.917 bits per heavy atom. The molecule has 2 aromatic rings. The van der Waals surface area contributed by atoms with Crippen LogP contribution in [0.25, 0.3) is 6.08 Å². The van der Waals surface area contributed by atoms with Gasteiger partial charge in [0.1, 0.15) is 0 Å². The number of nitrogens with zero attached hydrogens (tertiary/aromatic N) is 2. The van der Waals surface area contributed by atoms with Crippen LogP contribution in [0.4, 0.5) is 0 Å². The van der Waals surface area contributed by atoms with Crippen molar-refractivity contribution < 1.29 is 0 Å². The fourth-order valence-electron chi connectivity index (χ4n) is 4.55. The summed E-state index contributed by atoms with van der Waals surface area (Å²) < 4.78 is 0. The van der Waals surface area contributed by atoms with Crippen molar-refractivity contribution in [1.29, 1.82) is 0 Å². The Bertz CT molecular complexity index is 680. The maximum absolute atomic E-state index is 2.62. The lowest BCUT2D eigenvalue weighted by Crippen LogP contribution is -2.29. The molecule has 2 aliphatic rings. The zero-order valence-electron chi connectivity index (χ0n) is 14.4. The van der Waals surface area contributed by atoms with E-state index in [0.717, 1.165) is 18.4 Å². The molecule has 0 aromatic heterocycles. The fourth-order valence-corrected chi connectivity index (χ4v) is 4.55. The van der Waals surface area contributed by atoms with Crippen molar-refractivity contribution in [3.8, 4) is 0 Å². The van der Waals surface area contributed by atoms with Gasteiger partial charge in [0, 0.05) is 32.2 Å². The molecule has 2 aromatic carbocycles. The van der Waals surface area contributed by atoms with Crippen molar-refractivity contribution in [1.82, 2.24) is 9.80 Å². The molecule has 4 rings (SSSR count). The van der Waals surface area contributed by atoms with Crippen LogP contribution in [0.3, 0.4) is 0 Å². The van der Waals surface area contributed by atoms with Crippen molar-refractivity contribution in [3.05, 3.63) is 77.9 Å². The van der Waals surface area contributed by atoms with E-state index in [2.05, 4.69) is 89.7 Å². The lowest BCUT2D eigenvalue weighted by Gasteiger charge is -2.26. The molecule has 2 heterocycles. The number of fused-ring (bicyclic) bond motifs is 1. The maximum atomic E-state index is 2.62. The van der Waals surface area contributed by atoms with Crippen molar-refractivity contribution in [2.75, 3.05) is 33.2 Å². The highest BCUT2D eigenvalue weighted by atomic mass is 15.2. The Labute approximate surface area is 145 Å². The molecule has 0 saturated carbocycles. The molecule has 0 radical (unpaired) electrons. The van der Waals surface area contributed by atoms with Crippen LogP contribution in [0.2, 0.25) is 0 Å². The van der Waals surface area contributed by atoms with Gasteiger partial charge in [-0.25, -0.2) is 0 Å². The summed E-state index contributed by atoms with van der Waals surface area (Å²) in [5, 5.41) is 0. The lowest BCUT2D eigenvalue weighted by atomic mass is 9.90. The summed E-state index contributed by atoms with van der Waals surface area (Å²) >= 11 is 0. The summed E-state index contributed by atoms with van der Waals surface area (Å²) in [6.07, 6.45) is 4.56. The molecule has 2 fully saturated rings. The van der Waals surface area contributed by atoms with E-state index in [4.69, 9.17) is 0 Å². The monoisotopic (exact) mass is 318 g/mol. The molecule has 2 saturated heterocycles. The molecule has 0 bridgehead atoms. The van der Waals surface area contributed by atoms with Crippen LogP contribution in [-0.4, -0.2) is 43.0 Å². The summed E-state index contributed by atoms with van der Waals surface area (Å²) in [5.41, 5.74) is 2.77. The largest absolute Gasteiger partial charge is 0.299 e. The molecule has 2 aliphatic heterocycles. The predicted molar refractivity (Wildman–Crippen MR) is 101 cm³/mol. The van der Waals surface area contributed by atoms with Gasteiger partial charge in [-0.1, -0.05) is 72.8 Å². The van der Waals surface area contributed by atoms with E-state index in [1.807, 2.05) is 0 Å². The zero-order chi connectivity index (χ0) is 16.4. The van der Waals surface area contributed by atoms with Crippen molar-refractivity contribution in [2.45, 2.75) is 6.04 Å². The second kappa shape index (κ2) is 6.92. The van der Waals surface area contributed by atoms with Gasteiger partial charge >= 0.3 is 0 Å². The fraction of sp³-hybridized carbons (Fsp3) is 0.364. The number of hydrogen-bond acceptors (Lipinski definition) is 2. The molecule has 3 atom stereocenters. The molecule has 2 nitrogen and oxygen atoms in total. The minimum Gasteiger partial charge on any atom is -0.299 e. The first-order valence-electron chi connectivity index (χ1n) is 9.00. The molecule has 0 amide bonds. The van der Waals surface area contributed by atoms with E-state index in [1.165, 1.54) is 30.8 Å². The Morgan fingerprint density at radius 2 is 1.62 bits per heavy atom. The molecule has 0 unspecified atom stereocenters. The zero-order valence-corrected chi connectivity index (χ0v) is 14.4. The Morgan fingerprint density at radius 3 is 2.38 bits per heavy atom. The number of hydrogen-bond donors (Lipinski definition) is 0. The molecule has 0 N–H and O–H groups in total. The molecule has 0 aliphatic carbocycles. The number of likely N-dealkylation sites (tertiary alicyclic amines) is 2. The third-order valence-corrected chi connectivity index (χ3v) is 5.58. The highest BCUT2D eigenvalue weighted by Crippen LogP contribution is 2.43. The van der Waals surface area contributed by atoms with Gasteiger partial charge < -0.3 is 0 Å². The minimum absolute atomic E-state index is 0.583. The standard InChI is InChI=1S/C22H26N2/c1-23-15-20-16-24(14-8-11-18-9-4-2-5-10-18)17-21(20)22(23)19-12-6-3-7-13-19/h2-13,20-22H,14-17H2,1H3/b11-8+/t20-,21+,22-/m0/s1. The molecule has 124 valence electrons.